The third kappa shape index (κ3) is 5.02. The van der Waals surface area contributed by atoms with Gasteiger partial charge in [-0.3, -0.25) is 9.59 Å². The first-order valence-electron chi connectivity index (χ1n) is 10.9. The molecule has 1 N–H and O–H groups in total. The molecule has 0 spiro atoms. The second-order valence-corrected chi connectivity index (χ2v) is 10.1. The van der Waals surface area contributed by atoms with Gasteiger partial charge in [-0.2, -0.15) is 4.31 Å². The van der Waals surface area contributed by atoms with Gasteiger partial charge in [-0.05, 0) is 43.7 Å². The summed E-state index contributed by atoms with van der Waals surface area (Å²) in [6.45, 7) is 8.61. The van der Waals surface area contributed by atoms with Gasteiger partial charge < -0.3 is 10.2 Å². The Kier molecular flexibility index (Phi) is 7.36. The van der Waals surface area contributed by atoms with Crippen LogP contribution in [0.15, 0.2) is 53.4 Å². The Bertz CT molecular complexity index is 1060. The second kappa shape index (κ2) is 9.83. The molecule has 7 nitrogen and oxygen atoms in total. The number of carbonyl (C=O) groups is 2. The number of hydrogen-bond donors (Lipinski definition) is 1. The third-order valence-electron chi connectivity index (χ3n) is 5.92. The molecule has 2 aromatic rings. The Balaban J connectivity index is 1.64. The monoisotopic (exact) mass is 457 g/mol. The van der Waals surface area contributed by atoms with Crippen molar-refractivity contribution >= 4 is 27.5 Å². The van der Waals surface area contributed by atoms with Crippen molar-refractivity contribution in [3.05, 3.63) is 59.7 Å². The van der Waals surface area contributed by atoms with Crippen LogP contribution >= 0.6 is 0 Å². The third-order valence-corrected chi connectivity index (χ3v) is 7.99. The molecule has 1 heterocycles. The fourth-order valence-electron chi connectivity index (χ4n) is 3.91. The van der Waals surface area contributed by atoms with E-state index >= 15 is 0 Å². The van der Waals surface area contributed by atoms with Gasteiger partial charge in [0.2, 0.25) is 21.8 Å². The molecule has 172 valence electrons. The zero-order chi connectivity index (χ0) is 23.5. The smallest absolute Gasteiger partial charge is 0.243 e. The van der Waals surface area contributed by atoms with Gasteiger partial charge in [-0.25, -0.2) is 8.42 Å². The molecule has 1 aliphatic heterocycles. The number of sulfonamides is 1. The van der Waals surface area contributed by atoms with E-state index in [-0.39, 0.29) is 29.2 Å². The molecule has 2 atom stereocenters. The summed E-state index contributed by atoms with van der Waals surface area (Å²) >= 11 is 0. The predicted octanol–water partition coefficient (Wildman–Crippen LogP) is 3.26. The first kappa shape index (κ1) is 23.9. The second-order valence-electron chi connectivity index (χ2n) is 8.13. The molecule has 8 heteroatoms. The summed E-state index contributed by atoms with van der Waals surface area (Å²) in [6, 6.07) is 14.0. The van der Waals surface area contributed by atoms with Gasteiger partial charge in [0, 0.05) is 31.7 Å². The molecule has 0 aliphatic carbocycles. The molecule has 2 unspecified atom stereocenters. The minimum absolute atomic E-state index is 0.0624. The molecule has 1 saturated heterocycles. The van der Waals surface area contributed by atoms with E-state index in [9.17, 15) is 18.0 Å². The standard InChI is InChI=1S/C24H31N3O4S/c1-5-26(6-2)32(30,31)22-13-9-19(10-14-22)18(4)25-24(29)20-15-23(28)27(16-20)21-11-7-17(3)8-12-21/h7-14,18,20H,5-6,15-16H2,1-4H3,(H,25,29). The highest BCUT2D eigenvalue weighted by molar-refractivity contribution is 7.89. The number of amides is 2. The van der Waals surface area contributed by atoms with Crippen molar-refractivity contribution in [3.63, 3.8) is 0 Å². The molecule has 3 rings (SSSR count). The van der Waals surface area contributed by atoms with Crippen molar-refractivity contribution in [2.45, 2.75) is 45.1 Å². The summed E-state index contributed by atoms with van der Waals surface area (Å²) in [5.41, 5.74) is 2.71. The molecule has 32 heavy (non-hydrogen) atoms. The zero-order valence-electron chi connectivity index (χ0n) is 19.0. The molecule has 1 aliphatic rings. The predicted molar refractivity (Wildman–Crippen MR) is 125 cm³/mol. The molecular formula is C24H31N3O4S. The topological polar surface area (TPSA) is 86.8 Å². The molecule has 2 aromatic carbocycles. The number of nitrogens with zero attached hydrogens (tertiary/aromatic N) is 2. The minimum atomic E-state index is -3.52. The molecule has 0 aromatic heterocycles. The normalized spacial score (nSPS) is 17.6. The summed E-state index contributed by atoms with van der Waals surface area (Å²) in [7, 11) is -3.52. The first-order valence-corrected chi connectivity index (χ1v) is 12.4. The summed E-state index contributed by atoms with van der Waals surface area (Å²) in [6.07, 6.45) is 0.174. The first-order chi connectivity index (χ1) is 15.2. The van der Waals surface area contributed by atoms with Gasteiger partial charge in [-0.15, -0.1) is 0 Å². The van der Waals surface area contributed by atoms with Gasteiger partial charge in [0.15, 0.2) is 0 Å². The van der Waals surface area contributed by atoms with Gasteiger partial charge in [-0.1, -0.05) is 43.7 Å². The van der Waals surface area contributed by atoms with Crippen LogP contribution in [-0.4, -0.2) is 44.2 Å². The van der Waals surface area contributed by atoms with Gasteiger partial charge in [0.1, 0.15) is 0 Å². The van der Waals surface area contributed by atoms with Crippen molar-refractivity contribution in [2.24, 2.45) is 5.92 Å². The largest absolute Gasteiger partial charge is 0.349 e. The number of carbonyl (C=O) groups excluding carboxylic acids is 2. The van der Waals surface area contributed by atoms with Crippen LogP contribution in [0, 0.1) is 12.8 Å². The Morgan fingerprint density at radius 3 is 2.25 bits per heavy atom. The van der Waals surface area contributed by atoms with E-state index < -0.39 is 15.9 Å². The van der Waals surface area contributed by atoms with Crippen LogP contribution in [-0.2, 0) is 19.6 Å². The maximum Gasteiger partial charge on any atom is 0.243 e. The number of aryl methyl sites for hydroxylation is 1. The number of anilines is 1. The van der Waals surface area contributed by atoms with Crippen LogP contribution in [0.3, 0.4) is 0 Å². The van der Waals surface area contributed by atoms with E-state index in [1.807, 2.05) is 38.1 Å². The number of rotatable bonds is 8. The minimum Gasteiger partial charge on any atom is -0.349 e. The average Bonchev–Trinajstić information content (AvgIpc) is 3.17. The van der Waals surface area contributed by atoms with Gasteiger partial charge in [0.05, 0.1) is 16.9 Å². The van der Waals surface area contributed by atoms with Gasteiger partial charge >= 0.3 is 0 Å². The van der Waals surface area contributed by atoms with E-state index in [4.69, 9.17) is 0 Å². The molecule has 2 amide bonds. The lowest BCUT2D eigenvalue weighted by molar-refractivity contribution is -0.126. The summed E-state index contributed by atoms with van der Waals surface area (Å²) < 4.78 is 26.7. The summed E-state index contributed by atoms with van der Waals surface area (Å²) in [5.74, 6) is -0.665. The quantitative estimate of drug-likeness (QED) is 0.659. The van der Waals surface area contributed by atoms with Crippen molar-refractivity contribution in [1.82, 2.24) is 9.62 Å². The van der Waals surface area contributed by atoms with Crippen molar-refractivity contribution in [2.75, 3.05) is 24.5 Å². The Hall–Kier alpha value is -2.71. The van der Waals surface area contributed by atoms with E-state index in [1.165, 1.54) is 4.31 Å². The van der Waals surface area contributed by atoms with Crippen LogP contribution in [0.1, 0.15) is 44.4 Å². The van der Waals surface area contributed by atoms with Crippen molar-refractivity contribution in [3.8, 4) is 0 Å². The molecular weight excluding hydrogens is 426 g/mol. The van der Waals surface area contributed by atoms with Crippen LogP contribution in [0.25, 0.3) is 0 Å². The van der Waals surface area contributed by atoms with Crippen LogP contribution < -0.4 is 10.2 Å². The van der Waals surface area contributed by atoms with Crippen LogP contribution in [0.4, 0.5) is 5.69 Å². The number of benzene rings is 2. The van der Waals surface area contributed by atoms with E-state index in [0.717, 1.165) is 16.8 Å². The maximum atomic E-state index is 12.8. The lowest BCUT2D eigenvalue weighted by atomic mass is 10.1. The maximum absolute atomic E-state index is 12.8. The number of nitrogens with one attached hydrogen (secondary N) is 1. The fourth-order valence-corrected chi connectivity index (χ4v) is 5.37. The van der Waals surface area contributed by atoms with Crippen molar-refractivity contribution < 1.29 is 18.0 Å². The van der Waals surface area contributed by atoms with E-state index in [0.29, 0.717) is 19.6 Å². The Morgan fingerprint density at radius 2 is 1.69 bits per heavy atom. The summed E-state index contributed by atoms with van der Waals surface area (Å²) in [4.78, 5) is 27.1. The Morgan fingerprint density at radius 1 is 1.09 bits per heavy atom. The molecule has 0 bridgehead atoms. The van der Waals surface area contributed by atoms with Gasteiger partial charge in [0.25, 0.3) is 0 Å². The molecule has 0 radical (unpaired) electrons. The lowest BCUT2D eigenvalue weighted by Crippen LogP contribution is -2.34. The van der Waals surface area contributed by atoms with E-state index in [1.54, 1.807) is 43.0 Å². The highest BCUT2D eigenvalue weighted by Crippen LogP contribution is 2.26. The zero-order valence-corrected chi connectivity index (χ0v) is 19.9. The highest BCUT2D eigenvalue weighted by atomic mass is 32.2. The van der Waals surface area contributed by atoms with E-state index in [2.05, 4.69) is 5.32 Å². The average molecular weight is 458 g/mol. The molecule has 1 fully saturated rings. The van der Waals surface area contributed by atoms with Crippen LogP contribution in [0.5, 0.6) is 0 Å². The fraction of sp³-hybridized carbons (Fsp3) is 0.417. The van der Waals surface area contributed by atoms with Crippen LogP contribution in [0.2, 0.25) is 0 Å². The summed E-state index contributed by atoms with van der Waals surface area (Å²) in [5, 5.41) is 2.97. The number of hydrogen-bond acceptors (Lipinski definition) is 4. The van der Waals surface area contributed by atoms with Crippen molar-refractivity contribution in [1.29, 1.82) is 0 Å². The molecule has 0 saturated carbocycles. The highest BCUT2D eigenvalue weighted by Gasteiger charge is 2.35. The lowest BCUT2D eigenvalue weighted by Gasteiger charge is -2.20. The SMILES string of the molecule is CCN(CC)S(=O)(=O)c1ccc(C(C)NC(=O)C2CC(=O)N(c3ccc(C)cc3)C2)cc1. The Labute approximate surface area is 190 Å².